The summed E-state index contributed by atoms with van der Waals surface area (Å²) in [6.45, 7) is 6.83. The van der Waals surface area contributed by atoms with Gasteiger partial charge in [0.2, 0.25) is 5.82 Å². The van der Waals surface area contributed by atoms with E-state index in [1.807, 2.05) is 6.92 Å². The molecule has 1 aromatic heterocycles. The third kappa shape index (κ3) is 3.92. The van der Waals surface area contributed by atoms with Crippen molar-refractivity contribution in [2.75, 3.05) is 44.7 Å². The molecule has 1 aromatic rings. The second-order valence-electron chi connectivity index (χ2n) is 5.16. The maximum atomic E-state index is 11.3. The standard InChI is InChI=1S/C13H23N5O3/c1-3-4-11-12(18(19)20)13(16(2)15-11)14-5-6-17-7-9-21-10-8-17/h14H,3-10H2,1-2H3. The largest absolute Gasteiger partial charge is 0.379 e. The van der Waals surface area contributed by atoms with Gasteiger partial charge in [0.05, 0.1) is 18.1 Å². The lowest BCUT2D eigenvalue weighted by Gasteiger charge is -2.26. The molecule has 0 unspecified atom stereocenters. The number of nitrogens with zero attached hydrogens (tertiary/aromatic N) is 4. The monoisotopic (exact) mass is 297 g/mol. The van der Waals surface area contributed by atoms with Crippen LogP contribution in [0.3, 0.4) is 0 Å². The van der Waals surface area contributed by atoms with E-state index in [2.05, 4.69) is 15.3 Å². The number of nitrogens with one attached hydrogen (secondary N) is 1. The van der Waals surface area contributed by atoms with Gasteiger partial charge >= 0.3 is 5.69 Å². The maximum absolute atomic E-state index is 11.3. The van der Waals surface area contributed by atoms with Crippen molar-refractivity contribution in [1.82, 2.24) is 14.7 Å². The molecule has 1 N–H and O–H groups in total. The molecule has 0 bridgehead atoms. The maximum Gasteiger partial charge on any atom is 0.333 e. The summed E-state index contributed by atoms with van der Waals surface area (Å²) in [7, 11) is 1.74. The van der Waals surface area contributed by atoms with Crippen molar-refractivity contribution in [3.05, 3.63) is 15.8 Å². The second kappa shape index (κ2) is 7.37. The molecule has 0 atom stereocenters. The number of hydrogen-bond acceptors (Lipinski definition) is 6. The lowest BCUT2D eigenvalue weighted by atomic mass is 10.2. The van der Waals surface area contributed by atoms with Crippen molar-refractivity contribution in [3.8, 4) is 0 Å². The molecule has 0 amide bonds. The minimum absolute atomic E-state index is 0.112. The average Bonchev–Trinajstić information content (AvgIpc) is 2.77. The topological polar surface area (TPSA) is 85.5 Å². The number of aryl methyl sites for hydroxylation is 2. The van der Waals surface area contributed by atoms with Gasteiger partial charge in [0.15, 0.2) is 0 Å². The molecule has 8 heteroatoms. The number of ether oxygens (including phenoxy) is 1. The molecule has 1 saturated heterocycles. The van der Waals surface area contributed by atoms with Crippen LogP contribution < -0.4 is 5.32 Å². The fourth-order valence-electron chi connectivity index (χ4n) is 2.52. The van der Waals surface area contributed by atoms with Gasteiger partial charge in [-0.1, -0.05) is 13.3 Å². The number of anilines is 1. The first-order chi connectivity index (χ1) is 10.1. The summed E-state index contributed by atoms with van der Waals surface area (Å²) in [5.74, 6) is 0.497. The Morgan fingerprint density at radius 1 is 1.43 bits per heavy atom. The molecule has 2 heterocycles. The van der Waals surface area contributed by atoms with E-state index in [9.17, 15) is 10.1 Å². The van der Waals surface area contributed by atoms with Crippen LogP contribution in [0.1, 0.15) is 19.0 Å². The molecule has 1 aliphatic heterocycles. The Morgan fingerprint density at radius 3 is 2.76 bits per heavy atom. The van der Waals surface area contributed by atoms with Crippen LogP contribution in [0.25, 0.3) is 0 Å². The van der Waals surface area contributed by atoms with Crippen molar-refractivity contribution in [1.29, 1.82) is 0 Å². The van der Waals surface area contributed by atoms with E-state index in [-0.39, 0.29) is 10.6 Å². The predicted molar refractivity (Wildman–Crippen MR) is 79.6 cm³/mol. The molecule has 2 rings (SSSR count). The zero-order chi connectivity index (χ0) is 15.2. The van der Waals surface area contributed by atoms with Crippen LogP contribution in [-0.4, -0.2) is 59.0 Å². The molecule has 0 aliphatic carbocycles. The van der Waals surface area contributed by atoms with Crippen molar-refractivity contribution in [2.24, 2.45) is 7.05 Å². The van der Waals surface area contributed by atoms with E-state index in [1.54, 1.807) is 11.7 Å². The van der Waals surface area contributed by atoms with E-state index < -0.39 is 0 Å². The minimum atomic E-state index is -0.338. The Hall–Kier alpha value is -1.67. The number of aromatic nitrogens is 2. The summed E-state index contributed by atoms with van der Waals surface area (Å²) in [5, 5.41) is 18.7. The number of morpholine rings is 1. The third-order valence-corrected chi connectivity index (χ3v) is 3.59. The van der Waals surface area contributed by atoms with Crippen molar-refractivity contribution in [2.45, 2.75) is 19.8 Å². The first-order valence-corrected chi connectivity index (χ1v) is 7.37. The molecule has 0 aromatic carbocycles. The van der Waals surface area contributed by atoms with Crippen LogP contribution in [0, 0.1) is 10.1 Å². The molecule has 0 radical (unpaired) electrons. The fourth-order valence-corrected chi connectivity index (χ4v) is 2.52. The number of hydrogen-bond donors (Lipinski definition) is 1. The van der Waals surface area contributed by atoms with E-state index >= 15 is 0 Å². The highest BCUT2D eigenvalue weighted by molar-refractivity contribution is 5.59. The third-order valence-electron chi connectivity index (χ3n) is 3.59. The summed E-state index contributed by atoms with van der Waals surface area (Å²) in [6, 6.07) is 0. The van der Waals surface area contributed by atoms with E-state index in [0.717, 1.165) is 39.3 Å². The van der Waals surface area contributed by atoms with Gasteiger partial charge in [0.1, 0.15) is 5.69 Å². The molecule has 1 aliphatic rings. The van der Waals surface area contributed by atoms with Crippen LogP contribution >= 0.6 is 0 Å². The summed E-state index contributed by atoms with van der Waals surface area (Å²) < 4.78 is 6.87. The van der Waals surface area contributed by atoms with Crippen molar-refractivity contribution < 1.29 is 9.66 Å². The van der Waals surface area contributed by atoms with Gasteiger partial charge in [0, 0.05) is 33.2 Å². The normalized spacial score (nSPS) is 16.1. The Balaban J connectivity index is 1.99. The van der Waals surface area contributed by atoms with Gasteiger partial charge in [0.25, 0.3) is 0 Å². The first kappa shape index (κ1) is 15.7. The SMILES string of the molecule is CCCc1nn(C)c(NCCN2CCOCC2)c1[N+](=O)[O-]. The highest BCUT2D eigenvalue weighted by Crippen LogP contribution is 2.28. The van der Waals surface area contributed by atoms with Gasteiger partial charge in [-0.05, 0) is 6.42 Å². The predicted octanol–water partition coefficient (Wildman–Crippen LogP) is 1.02. The number of nitro groups is 1. The van der Waals surface area contributed by atoms with Crippen LogP contribution in [0.2, 0.25) is 0 Å². The van der Waals surface area contributed by atoms with Gasteiger partial charge in [-0.25, -0.2) is 4.68 Å². The van der Waals surface area contributed by atoms with Gasteiger partial charge in [-0.3, -0.25) is 15.0 Å². The molecule has 8 nitrogen and oxygen atoms in total. The molecular formula is C13H23N5O3. The summed E-state index contributed by atoms with van der Waals surface area (Å²) in [6.07, 6.45) is 1.46. The average molecular weight is 297 g/mol. The molecule has 1 fully saturated rings. The summed E-state index contributed by atoms with van der Waals surface area (Å²) in [4.78, 5) is 13.2. The van der Waals surface area contributed by atoms with E-state index in [0.29, 0.717) is 24.5 Å². The minimum Gasteiger partial charge on any atom is -0.379 e. The van der Waals surface area contributed by atoms with Crippen molar-refractivity contribution >= 4 is 11.5 Å². The highest BCUT2D eigenvalue weighted by atomic mass is 16.6. The molecular weight excluding hydrogens is 274 g/mol. The Morgan fingerprint density at radius 2 is 2.14 bits per heavy atom. The highest BCUT2D eigenvalue weighted by Gasteiger charge is 2.25. The summed E-state index contributed by atoms with van der Waals surface area (Å²) >= 11 is 0. The van der Waals surface area contributed by atoms with Crippen LogP contribution in [0.5, 0.6) is 0 Å². The van der Waals surface area contributed by atoms with Crippen LogP contribution in [-0.2, 0) is 18.2 Å². The molecule has 118 valence electrons. The fraction of sp³-hybridized carbons (Fsp3) is 0.769. The summed E-state index contributed by atoms with van der Waals surface area (Å²) in [5.41, 5.74) is 0.667. The zero-order valence-corrected chi connectivity index (χ0v) is 12.7. The zero-order valence-electron chi connectivity index (χ0n) is 12.7. The number of rotatable bonds is 7. The van der Waals surface area contributed by atoms with Crippen LogP contribution in [0.4, 0.5) is 11.5 Å². The van der Waals surface area contributed by atoms with Crippen LogP contribution in [0.15, 0.2) is 0 Å². The Kier molecular flexibility index (Phi) is 5.51. The second-order valence-corrected chi connectivity index (χ2v) is 5.16. The molecule has 21 heavy (non-hydrogen) atoms. The molecule has 0 spiro atoms. The van der Waals surface area contributed by atoms with Gasteiger partial charge < -0.3 is 10.1 Å². The van der Waals surface area contributed by atoms with Gasteiger partial charge in [-0.15, -0.1) is 0 Å². The Labute approximate surface area is 124 Å². The Bertz CT molecular complexity index is 482. The van der Waals surface area contributed by atoms with Gasteiger partial charge in [-0.2, -0.15) is 5.10 Å². The first-order valence-electron chi connectivity index (χ1n) is 7.37. The smallest absolute Gasteiger partial charge is 0.333 e. The lowest BCUT2D eigenvalue weighted by Crippen LogP contribution is -2.39. The quantitative estimate of drug-likeness (QED) is 0.597. The van der Waals surface area contributed by atoms with Crippen molar-refractivity contribution in [3.63, 3.8) is 0 Å². The lowest BCUT2D eigenvalue weighted by molar-refractivity contribution is -0.384. The molecule has 0 saturated carbocycles. The van der Waals surface area contributed by atoms with E-state index in [4.69, 9.17) is 4.74 Å². The van der Waals surface area contributed by atoms with E-state index in [1.165, 1.54) is 0 Å².